The van der Waals surface area contributed by atoms with E-state index in [1.807, 2.05) is 0 Å². The molecule has 0 bridgehead atoms. The average molecular weight is 907 g/mol. The maximum absolute atomic E-state index is 12.7. The van der Waals surface area contributed by atoms with E-state index >= 15 is 0 Å². The fourth-order valence-corrected chi connectivity index (χ4v) is 7.57. The Bertz CT molecular complexity index is 1230. The monoisotopic (exact) mass is 907 g/mol. The summed E-state index contributed by atoms with van der Waals surface area (Å²) in [5.74, 6) is -0.890. The molecular weight excluding hydrogens is 805 g/mol. The molecular formula is C59H102O6. The number of ether oxygens (including phenoxy) is 3. The molecule has 6 nitrogen and oxygen atoms in total. The molecule has 0 amide bonds. The van der Waals surface area contributed by atoms with Crippen molar-refractivity contribution in [2.45, 2.75) is 271 Å². The van der Waals surface area contributed by atoms with Crippen LogP contribution in [0.3, 0.4) is 0 Å². The molecule has 0 aliphatic carbocycles. The fourth-order valence-electron chi connectivity index (χ4n) is 7.57. The van der Waals surface area contributed by atoms with Gasteiger partial charge in [0.25, 0.3) is 0 Å². The molecule has 65 heavy (non-hydrogen) atoms. The molecule has 0 saturated heterocycles. The van der Waals surface area contributed by atoms with Gasteiger partial charge in [-0.1, -0.05) is 235 Å². The lowest BCUT2D eigenvalue weighted by atomic mass is 10.0. The van der Waals surface area contributed by atoms with Gasteiger partial charge < -0.3 is 14.2 Å². The SMILES string of the molecule is CC/C=C\C/C=C\C/C=C\C/C=C\C/C=C\CCCCCCCCCCCCCC(=O)OCC(COC(=O)CCCCCCCCCCC)OC(=O)CCCCCCC/C=C\CCCC. The van der Waals surface area contributed by atoms with Gasteiger partial charge in [-0.3, -0.25) is 14.4 Å². The molecule has 374 valence electrons. The van der Waals surface area contributed by atoms with Crippen molar-refractivity contribution < 1.29 is 28.6 Å². The molecule has 1 atom stereocenters. The highest BCUT2D eigenvalue weighted by molar-refractivity contribution is 5.71. The molecule has 0 aromatic carbocycles. The predicted octanol–water partition coefficient (Wildman–Crippen LogP) is 18.2. The van der Waals surface area contributed by atoms with Gasteiger partial charge in [0.1, 0.15) is 13.2 Å². The quantitative estimate of drug-likeness (QED) is 0.0262. The molecule has 1 unspecified atom stereocenters. The van der Waals surface area contributed by atoms with E-state index in [0.29, 0.717) is 19.3 Å². The van der Waals surface area contributed by atoms with Crippen molar-refractivity contribution in [3.05, 3.63) is 72.9 Å². The average Bonchev–Trinajstić information content (AvgIpc) is 3.30. The van der Waals surface area contributed by atoms with Crippen LogP contribution in [0.4, 0.5) is 0 Å². The Labute approximate surface area is 402 Å². The highest BCUT2D eigenvalue weighted by Gasteiger charge is 2.19. The first-order chi connectivity index (χ1) is 32.0. The highest BCUT2D eigenvalue weighted by Crippen LogP contribution is 2.15. The first-order valence-corrected chi connectivity index (χ1v) is 27.4. The van der Waals surface area contributed by atoms with Crippen LogP contribution in [0.25, 0.3) is 0 Å². The van der Waals surface area contributed by atoms with Crippen LogP contribution in [0.15, 0.2) is 72.9 Å². The number of hydrogen-bond acceptors (Lipinski definition) is 6. The first kappa shape index (κ1) is 61.9. The van der Waals surface area contributed by atoms with Crippen molar-refractivity contribution in [1.29, 1.82) is 0 Å². The number of carbonyl (C=O) groups is 3. The van der Waals surface area contributed by atoms with Crippen LogP contribution in [0.5, 0.6) is 0 Å². The second-order valence-electron chi connectivity index (χ2n) is 18.1. The van der Waals surface area contributed by atoms with E-state index in [1.165, 1.54) is 122 Å². The third-order valence-corrected chi connectivity index (χ3v) is 11.7. The number of unbranched alkanes of at least 4 members (excludes halogenated alkanes) is 26. The van der Waals surface area contributed by atoms with Crippen LogP contribution in [-0.2, 0) is 28.6 Å². The van der Waals surface area contributed by atoms with E-state index in [9.17, 15) is 14.4 Å². The zero-order valence-electron chi connectivity index (χ0n) is 42.7. The van der Waals surface area contributed by atoms with Crippen molar-refractivity contribution in [2.24, 2.45) is 0 Å². The molecule has 0 N–H and O–H groups in total. The second kappa shape index (κ2) is 53.5. The Morgan fingerprint density at radius 1 is 0.323 bits per heavy atom. The standard InChI is InChI=1S/C59H102O6/c1-4-7-10-13-16-19-21-22-23-24-25-26-27-28-29-30-31-32-33-34-35-36-38-40-43-46-49-52-58(61)64-55-56(54-63-57(60)51-48-45-42-39-18-15-12-9-6-3)65-59(62)53-50-47-44-41-37-20-17-14-11-8-5-2/h7,10,14,16-17,19,22-23,25-26,28-29,56H,4-6,8-9,11-13,15,18,20-21,24,27,30-55H2,1-3H3/b10-7-,17-14-,19-16-,23-22-,26-25-,29-28-. The van der Waals surface area contributed by atoms with Crippen molar-refractivity contribution in [2.75, 3.05) is 13.2 Å². The van der Waals surface area contributed by atoms with E-state index < -0.39 is 6.10 Å². The van der Waals surface area contributed by atoms with Crippen LogP contribution < -0.4 is 0 Å². The topological polar surface area (TPSA) is 78.9 Å². The Morgan fingerprint density at radius 2 is 0.615 bits per heavy atom. The lowest BCUT2D eigenvalue weighted by Crippen LogP contribution is -2.30. The summed E-state index contributed by atoms with van der Waals surface area (Å²) in [6.45, 7) is 6.46. The zero-order valence-corrected chi connectivity index (χ0v) is 42.7. The van der Waals surface area contributed by atoms with E-state index in [0.717, 1.165) is 103 Å². The first-order valence-electron chi connectivity index (χ1n) is 27.4. The molecule has 0 aromatic rings. The number of rotatable bonds is 49. The van der Waals surface area contributed by atoms with Gasteiger partial charge in [0.2, 0.25) is 0 Å². The van der Waals surface area contributed by atoms with Gasteiger partial charge in [0.15, 0.2) is 6.10 Å². The Kier molecular flexibility index (Phi) is 50.9. The third kappa shape index (κ3) is 51.7. The van der Waals surface area contributed by atoms with Gasteiger partial charge in [-0.15, -0.1) is 0 Å². The maximum Gasteiger partial charge on any atom is 0.306 e. The summed E-state index contributed by atoms with van der Waals surface area (Å²) in [6, 6.07) is 0. The van der Waals surface area contributed by atoms with Gasteiger partial charge in [0, 0.05) is 19.3 Å². The third-order valence-electron chi connectivity index (χ3n) is 11.7. The Morgan fingerprint density at radius 3 is 1.00 bits per heavy atom. The van der Waals surface area contributed by atoms with Crippen LogP contribution in [0, 0.1) is 0 Å². The van der Waals surface area contributed by atoms with E-state index in [1.54, 1.807) is 0 Å². The molecule has 0 saturated carbocycles. The van der Waals surface area contributed by atoms with Crippen LogP contribution in [-0.4, -0.2) is 37.2 Å². The van der Waals surface area contributed by atoms with Crippen molar-refractivity contribution in [1.82, 2.24) is 0 Å². The zero-order chi connectivity index (χ0) is 47.2. The van der Waals surface area contributed by atoms with Crippen molar-refractivity contribution in [3.8, 4) is 0 Å². The molecule has 0 radical (unpaired) electrons. The maximum atomic E-state index is 12.7. The van der Waals surface area contributed by atoms with Crippen LogP contribution in [0.2, 0.25) is 0 Å². The molecule has 0 spiro atoms. The normalized spacial score (nSPS) is 12.6. The summed E-state index contributed by atoms with van der Waals surface area (Å²) >= 11 is 0. The number of hydrogen-bond donors (Lipinski definition) is 0. The number of allylic oxidation sites excluding steroid dienone is 12. The van der Waals surface area contributed by atoms with Gasteiger partial charge in [0.05, 0.1) is 0 Å². The predicted molar refractivity (Wildman–Crippen MR) is 279 cm³/mol. The van der Waals surface area contributed by atoms with E-state index in [4.69, 9.17) is 14.2 Å². The van der Waals surface area contributed by atoms with Gasteiger partial charge in [-0.2, -0.15) is 0 Å². The van der Waals surface area contributed by atoms with E-state index in [-0.39, 0.29) is 31.1 Å². The molecule has 0 fully saturated rings. The van der Waals surface area contributed by atoms with Gasteiger partial charge in [-0.05, 0) is 83.5 Å². The summed E-state index contributed by atoms with van der Waals surface area (Å²) in [5.41, 5.74) is 0. The summed E-state index contributed by atoms with van der Waals surface area (Å²) in [5, 5.41) is 0. The largest absolute Gasteiger partial charge is 0.462 e. The molecule has 0 heterocycles. The Balaban J connectivity index is 4.15. The van der Waals surface area contributed by atoms with Crippen LogP contribution in [0.1, 0.15) is 265 Å². The minimum Gasteiger partial charge on any atom is -0.462 e. The van der Waals surface area contributed by atoms with E-state index in [2.05, 4.69) is 93.7 Å². The van der Waals surface area contributed by atoms with Crippen LogP contribution >= 0.6 is 0 Å². The summed E-state index contributed by atoms with van der Waals surface area (Å²) in [4.78, 5) is 37.9. The highest BCUT2D eigenvalue weighted by atomic mass is 16.6. The summed E-state index contributed by atoms with van der Waals surface area (Å²) in [7, 11) is 0. The lowest BCUT2D eigenvalue weighted by Gasteiger charge is -2.18. The van der Waals surface area contributed by atoms with Gasteiger partial charge in [-0.25, -0.2) is 0 Å². The molecule has 0 aliphatic rings. The number of esters is 3. The summed E-state index contributed by atoms with van der Waals surface area (Å²) in [6.07, 6.45) is 67.6. The minimum absolute atomic E-state index is 0.0772. The Hall–Kier alpha value is -3.15. The molecule has 0 rings (SSSR count). The smallest absolute Gasteiger partial charge is 0.306 e. The summed E-state index contributed by atoms with van der Waals surface area (Å²) < 4.78 is 16.8. The van der Waals surface area contributed by atoms with Crippen molar-refractivity contribution >= 4 is 17.9 Å². The van der Waals surface area contributed by atoms with Crippen molar-refractivity contribution in [3.63, 3.8) is 0 Å². The fraction of sp³-hybridized carbons (Fsp3) is 0.746. The second-order valence-corrected chi connectivity index (χ2v) is 18.1. The molecule has 0 aliphatic heterocycles. The number of carbonyl (C=O) groups excluding carboxylic acids is 3. The minimum atomic E-state index is -0.776. The molecule has 6 heteroatoms. The van der Waals surface area contributed by atoms with Gasteiger partial charge >= 0.3 is 17.9 Å². The molecule has 0 aromatic heterocycles. The lowest BCUT2D eigenvalue weighted by molar-refractivity contribution is -0.167.